The Balaban J connectivity index is 2.64. The van der Waals surface area contributed by atoms with Gasteiger partial charge in [-0.3, -0.25) is 4.90 Å². The number of carboxylic acid groups (broad SMARTS) is 1. The lowest BCUT2D eigenvalue weighted by molar-refractivity contribution is 0.0329. The summed E-state index contributed by atoms with van der Waals surface area (Å²) in [6, 6.07) is 3.09. The van der Waals surface area contributed by atoms with E-state index in [2.05, 4.69) is 0 Å². The van der Waals surface area contributed by atoms with Gasteiger partial charge >= 0.3 is 5.97 Å². The predicted octanol–water partition coefficient (Wildman–Crippen LogP) is 1.57. The van der Waals surface area contributed by atoms with Crippen LogP contribution in [0.15, 0.2) is 16.5 Å². The zero-order chi connectivity index (χ0) is 13.1. The van der Waals surface area contributed by atoms with E-state index in [0.29, 0.717) is 18.8 Å². The number of furan rings is 1. The van der Waals surface area contributed by atoms with Crippen molar-refractivity contribution in [3.05, 3.63) is 23.7 Å². The highest BCUT2D eigenvalue weighted by molar-refractivity contribution is 5.84. The molecule has 2 N–H and O–H groups in total. The van der Waals surface area contributed by atoms with E-state index in [9.17, 15) is 9.90 Å². The first-order valence-corrected chi connectivity index (χ1v) is 5.58. The standard InChI is InChI=1S/C12H19NO4/c1-4-13(8-12(2,3)16)7-9-5-6-10(17-9)11(14)15/h5-6,16H,4,7-8H2,1-3H3,(H,14,15). The van der Waals surface area contributed by atoms with Gasteiger partial charge in [-0.1, -0.05) is 6.92 Å². The molecule has 0 unspecified atom stereocenters. The molecule has 5 heteroatoms. The molecule has 0 saturated carbocycles. The molecule has 0 bridgehead atoms. The molecule has 0 aromatic carbocycles. The monoisotopic (exact) mass is 241 g/mol. The Kier molecular flexibility index (Phi) is 4.31. The van der Waals surface area contributed by atoms with Gasteiger partial charge in [0.25, 0.3) is 0 Å². The van der Waals surface area contributed by atoms with Crippen molar-refractivity contribution < 1.29 is 19.4 Å². The van der Waals surface area contributed by atoms with E-state index >= 15 is 0 Å². The maximum Gasteiger partial charge on any atom is 0.371 e. The third kappa shape index (κ3) is 4.58. The zero-order valence-electron chi connectivity index (χ0n) is 10.4. The highest BCUT2D eigenvalue weighted by Crippen LogP contribution is 2.13. The second-order valence-corrected chi connectivity index (χ2v) is 4.69. The van der Waals surface area contributed by atoms with Crippen molar-refractivity contribution in [2.24, 2.45) is 0 Å². The van der Waals surface area contributed by atoms with Crippen molar-refractivity contribution in [1.82, 2.24) is 4.90 Å². The summed E-state index contributed by atoms with van der Waals surface area (Å²) >= 11 is 0. The van der Waals surface area contributed by atoms with Crippen LogP contribution < -0.4 is 0 Å². The molecule has 1 rings (SSSR count). The predicted molar refractivity (Wildman–Crippen MR) is 62.9 cm³/mol. The smallest absolute Gasteiger partial charge is 0.371 e. The first-order valence-electron chi connectivity index (χ1n) is 5.58. The fourth-order valence-corrected chi connectivity index (χ4v) is 1.62. The summed E-state index contributed by atoms with van der Waals surface area (Å²) in [5.41, 5.74) is -0.780. The number of aliphatic hydroxyl groups is 1. The fraction of sp³-hybridized carbons (Fsp3) is 0.583. The van der Waals surface area contributed by atoms with Gasteiger partial charge in [-0.2, -0.15) is 0 Å². The third-order valence-electron chi connectivity index (χ3n) is 2.31. The molecule has 0 saturated heterocycles. The first kappa shape index (κ1) is 13.7. The molecule has 17 heavy (non-hydrogen) atoms. The van der Waals surface area contributed by atoms with Crippen molar-refractivity contribution in [1.29, 1.82) is 0 Å². The lowest BCUT2D eigenvalue weighted by Gasteiger charge is -2.27. The summed E-state index contributed by atoms with van der Waals surface area (Å²) in [6.45, 7) is 7.21. The molecule has 0 aliphatic rings. The van der Waals surface area contributed by atoms with Crippen molar-refractivity contribution in [2.75, 3.05) is 13.1 Å². The highest BCUT2D eigenvalue weighted by Gasteiger charge is 2.18. The summed E-state index contributed by atoms with van der Waals surface area (Å²) in [6.07, 6.45) is 0. The second-order valence-electron chi connectivity index (χ2n) is 4.69. The van der Waals surface area contributed by atoms with Crippen molar-refractivity contribution in [2.45, 2.75) is 32.9 Å². The van der Waals surface area contributed by atoms with Gasteiger partial charge in [0, 0.05) is 6.54 Å². The van der Waals surface area contributed by atoms with E-state index in [4.69, 9.17) is 9.52 Å². The average Bonchev–Trinajstić information content (AvgIpc) is 2.63. The Morgan fingerprint density at radius 1 is 1.47 bits per heavy atom. The van der Waals surface area contributed by atoms with Crippen molar-refractivity contribution in [3.8, 4) is 0 Å². The van der Waals surface area contributed by atoms with Crippen LogP contribution in [0.5, 0.6) is 0 Å². The summed E-state index contributed by atoms with van der Waals surface area (Å²) in [4.78, 5) is 12.6. The van der Waals surface area contributed by atoms with E-state index in [1.165, 1.54) is 6.07 Å². The number of hydrogen-bond acceptors (Lipinski definition) is 4. The van der Waals surface area contributed by atoms with Gasteiger partial charge in [-0.15, -0.1) is 0 Å². The molecule has 0 atom stereocenters. The topological polar surface area (TPSA) is 73.9 Å². The van der Waals surface area contributed by atoms with Crippen LogP contribution in [0.3, 0.4) is 0 Å². The molecule has 1 heterocycles. The van der Waals surface area contributed by atoms with Gasteiger partial charge in [-0.05, 0) is 32.5 Å². The van der Waals surface area contributed by atoms with Crippen molar-refractivity contribution >= 4 is 5.97 Å². The van der Waals surface area contributed by atoms with Crippen LogP contribution in [-0.2, 0) is 6.54 Å². The molecule has 96 valence electrons. The van der Waals surface area contributed by atoms with Crippen LogP contribution in [0.4, 0.5) is 0 Å². The Morgan fingerprint density at radius 3 is 2.53 bits per heavy atom. The molecule has 0 fully saturated rings. The number of rotatable bonds is 6. The molecule has 5 nitrogen and oxygen atoms in total. The van der Waals surface area contributed by atoms with Gasteiger partial charge in [0.15, 0.2) is 0 Å². The maximum absolute atomic E-state index is 10.7. The number of carboxylic acids is 1. The van der Waals surface area contributed by atoms with Crippen LogP contribution in [0.1, 0.15) is 37.1 Å². The summed E-state index contributed by atoms with van der Waals surface area (Å²) in [7, 11) is 0. The SMILES string of the molecule is CCN(Cc1ccc(C(=O)O)o1)CC(C)(C)O. The molecule has 1 aromatic rings. The third-order valence-corrected chi connectivity index (χ3v) is 2.31. The minimum atomic E-state index is -1.07. The minimum absolute atomic E-state index is 0.0562. The van der Waals surface area contributed by atoms with Crippen LogP contribution in [0, 0.1) is 0 Å². The Hall–Kier alpha value is -1.33. The number of nitrogens with zero attached hydrogens (tertiary/aromatic N) is 1. The van der Waals surface area contributed by atoms with Crippen LogP contribution in [0.2, 0.25) is 0 Å². The van der Waals surface area contributed by atoms with Gasteiger partial charge in [-0.25, -0.2) is 4.79 Å². The summed E-state index contributed by atoms with van der Waals surface area (Å²) < 4.78 is 5.17. The Labute approximate surface area is 101 Å². The number of aromatic carboxylic acids is 1. The van der Waals surface area contributed by atoms with E-state index in [0.717, 1.165) is 6.54 Å². The average molecular weight is 241 g/mol. The Bertz CT molecular complexity index is 378. The van der Waals surface area contributed by atoms with Crippen LogP contribution >= 0.6 is 0 Å². The molecule has 0 spiro atoms. The largest absolute Gasteiger partial charge is 0.475 e. The molecular formula is C12H19NO4. The van der Waals surface area contributed by atoms with E-state index in [1.54, 1.807) is 19.9 Å². The molecular weight excluding hydrogens is 222 g/mol. The van der Waals surface area contributed by atoms with E-state index in [-0.39, 0.29) is 5.76 Å². The van der Waals surface area contributed by atoms with Crippen LogP contribution in [0.25, 0.3) is 0 Å². The Morgan fingerprint density at radius 2 is 2.12 bits per heavy atom. The number of hydrogen-bond donors (Lipinski definition) is 2. The summed E-state index contributed by atoms with van der Waals surface area (Å²) in [5, 5.41) is 18.5. The fourth-order valence-electron chi connectivity index (χ4n) is 1.62. The van der Waals surface area contributed by atoms with E-state index in [1.807, 2.05) is 11.8 Å². The minimum Gasteiger partial charge on any atom is -0.475 e. The van der Waals surface area contributed by atoms with Gasteiger partial charge in [0.1, 0.15) is 5.76 Å². The van der Waals surface area contributed by atoms with Gasteiger partial charge in [0.05, 0.1) is 12.1 Å². The molecule has 0 aliphatic heterocycles. The lowest BCUT2D eigenvalue weighted by Crippen LogP contribution is -2.38. The van der Waals surface area contributed by atoms with Crippen molar-refractivity contribution in [3.63, 3.8) is 0 Å². The highest BCUT2D eigenvalue weighted by atomic mass is 16.4. The lowest BCUT2D eigenvalue weighted by atomic mass is 10.1. The van der Waals surface area contributed by atoms with Gasteiger partial charge < -0.3 is 14.6 Å². The molecule has 0 amide bonds. The second kappa shape index (κ2) is 5.33. The molecule has 1 aromatic heterocycles. The number of likely N-dealkylation sites (N-methyl/N-ethyl adjacent to an activating group) is 1. The first-order chi connectivity index (χ1) is 7.81. The van der Waals surface area contributed by atoms with E-state index < -0.39 is 11.6 Å². The number of carbonyl (C=O) groups is 1. The molecule has 0 radical (unpaired) electrons. The van der Waals surface area contributed by atoms with Gasteiger partial charge in [0.2, 0.25) is 5.76 Å². The maximum atomic E-state index is 10.7. The zero-order valence-corrected chi connectivity index (χ0v) is 10.4. The molecule has 0 aliphatic carbocycles. The normalized spacial score (nSPS) is 12.1. The van der Waals surface area contributed by atoms with Crippen LogP contribution in [-0.4, -0.2) is 39.8 Å². The summed E-state index contributed by atoms with van der Waals surface area (Å²) in [5.74, 6) is -0.533. The quantitative estimate of drug-likeness (QED) is 0.790.